The van der Waals surface area contributed by atoms with Crippen molar-refractivity contribution >= 4 is 27.5 Å². The molecule has 4 heteroatoms. The summed E-state index contributed by atoms with van der Waals surface area (Å²) in [6.07, 6.45) is 2.58. The van der Waals surface area contributed by atoms with Gasteiger partial charge in [0.05, 0.1) is 11.9 Å². The molecule has 0 saturated heterocycles. The van der Waals surface area contributed by atoms with E-state index in [9.17, 15) is 4.79 Å². The summed E-state index contributed by atoms with van der Waals surface area (Å²) in [4.78, 5) is 16.0. The fraction of sp³-hybridized carbons (Fsp3) is 0.143. The molecule has 0 atom stereocenters. The van der Waals surface area contributed by atoms with Crippen molar-refractivity contribution in [3.8, 4) is 0 Å². The number of aromatic nitrogens is 1. The fourth-order valence-corrected chi connectivity index (χ4v) is 1.78. The molecule has 0 aliphatic carbocycles. The number of carbonyl (C=O) groups is 1. The molecule has 1 N–H and O–H groups in total. The smallest absolute Gasteiger partial charge is 0.255 e. The van der Waals surface area contributed by atoms with Crippen LogP contribution in [0.25, 0.3) is 0 Å². The molecule has 0 spiro atoms. The minimum Gasteiger partial charge on any atom is -0.321 e. The number of pyridine rings is 1. The average molecular weight is 305 g/mol. The van der Waals surface area contributed by atoms with Crippen LogP contribution in [-0.4, -0.2) is 10.9 Å². The van der Waals surface area contributed by atoms with Crippen LogP contribution in [0.4, 0.5) is 5.69 Å². The summed E-state index contributed by atoms with van der Waals surface area (Å²) >= 11 is 3.25. The minimum atomic E-state index is -0.123. The van der Waals surface area contributed by atoms with Crippen LogP contribution < -0.4 is 5.32 Å². The van der Waals surface area contributed by atoms with E-state index in [4.69, 9.17) is 0 Å². The van der Waals surface area contributed by atoms with Gasteiger partial charge in [0.25, 0.3) is 5.91 Å². The van der Waals surface area contributed by atoms with Crippen molar-refractivity contribution in [1.29, 1.82) is 0 Å². The van der Waals surface area contributed by atoms with E-state index in [1.807, 2.05) is 24.3 Å². The van der Waals surface area contributed by atoms with Crippen LogP contribution in [0, 0.1) is 0 Å². The molecule has 92 valence electrons. The number of rotatable bonds is 3. The number of hydrogen-bond acceptors (Lipinski definition) is 2. The van der Waals surface area contributed by atoms with Crippen LogP contribution in [0.15, 0.2) is 47.2 Å². The molecule has 3 nitrogen and oxygen atoms in total. The maximum absolute atomic E-state index is 11.9. The molecule has 0 saturated carbocycles. The van der Waals surface area contributed by atoms with Crippen molar-refractivity contribution < 1.29 is 4.79 Å². The molecule has 0 aliphatic rings. The molecule has 2 aromatic rings. The van der Waals surface area contributed by atoms with Gasteiger partial charge in [0.15, 0.2) is 0 Å². The second-order valence-electron chi connectivity index (χ2n) is 3.87. The summed E-state index contributed by atoms with van der Waals surface area (Å²) in [7, 11) is 0. The van der Waals surface area contributed by atoms with Gasteiger partial charge in [-0.3, -0.25) is 4.79 Å². The average Bonchev–Trinajstić information content (AvgIpc) is 2.41. The molecule has 1 amide bonds. The Hall–Kier alpha value is -1.68. The highest BCUT2D eigenvalue weighted by Crippen LogP contribution is 2.12. The highest BCUT2D eigenvalue weighted by Gasteiger charge is 2.05. The lowest BCUT2D eigenvalue weighted by molar-refractivity contribution is 0.102. The topological polar surface area (TPSA) is 42.0 Å². The van der Waals surface area contributed by atoms with E-state index in [-0.39, 0.29) is 5.91 Å². The predicted octanol–water partition coefficient (Wildman–Crippen LogP) is 3.66. The summed E-state index contributed by atoms with van der Waals surface area (Å²) in [6, 6.07) is 11.2. The predicted molar refractivity (Wildman–Crippen MR) is 75.7 cm³/mol. The van der Waals surface area contributed by atoms with Crippen molar-refractivity contribution in [2.24, 2.45) is 0 Å². The summed E-state index contributed by atoms with van der Waals surface area (Å²) in [6.45, 7) is 2.09. The summed E-state index contributed by atoms with van der Waals surface area (Å²) in [5.41, 5.74) is 2.55. The monoisotopic (exact) mass is 304 g/mol. The number of amides is 1. The van der Waals surface area contributed by atoms with E-state index >= 15 is 0 Å². The molecule has 0 unspecified atom stereocenters. The van der Waals surface area contributed by atoms with E-state index in [0.29, 0.717) is 11.3 Å². The number of nitrogens with zero attached hydrogens (tertiary/aromatic N) is 1. The Bertz CT molecular complexity index is 535. The molecular formula is C14H13BrN2O. The zero-order chi connectivity index (χ0) is 13.0. The van der Waals surface area contributed by atoms with E-state index in [0.717, 1.165) is 11.0 Å². The number of carbonyl (C=O) groups excluding carboxylic acids is 1. The van der Waals surface area contributed by atoms with Crippen LogP contribution >= 0.6 is 15.9 Å². The van der Waals surface area contributed by atoms with Gasteiger partial charge in [0.1, 0.15) is 4.60 Å². The molecule has 0 fully saturated rings. The molecular weight excluding hydrogens is 292 g/mol. The highest BCUT2D eigenvalue weighted by atomic mass is 79.9. The molecule has 1 heterocycles. The second kappa shape index (κ2) is 5.78. The van der Waals surface area contributed by atoms with Gasteiger partial charge < -0.3 is 5.32 Å². The van der Waals surface area contributed by atoms with Gasteiger partial charge in [-0.05, 0) is 52.2 Å². The Morgan fingerprint density at radius 2 is 1.94 bits per heavy atom. The Labute approximate surface area is 114 Å². The van der Waals surface area contributed by atoms with Gasteiger partial charge >= 0.3 is 0 Å². The van der Waals surface area contributed by atoms with E-state index in [2.05, 4.69) is 33.2 Å². The number of hydrogen-bond donors (Lipinski definition) is 1. The number of benzene rings is 1. The van der Waals surface area contributed by atoms with Crippen LogP contribution in [0.3, 0.4) is 0 Å². The SMILES string of the molecule is CCc1ccc(C(=O)Nc2ccc(Br)nc2)cc1. The standard InChI is InChI=1S/C14H13BrN2O/c1-2-10-3-5-11(6-4-10)14(18)17-12-7-8-13(15)16-9-12/h3-9H,2H2,1H3,(H,17,18). The van der Waals surface area contributed by atoms with Crippen molar-refractivity contribution in [2.45, 2.75) is 13.3 Å². The van der Waals surface area contributed by atoms with E-state index in [1.54, 1.807) is 18.3 Å². The van der Waals surface area contributed by atoms with Crippen molar-refractivity contribution in [3.05, 3.63) is 58.3 Å². The fourth-order valence-electron chi connectivity index (χ4n) is 1.54. The van der Waals surface area contributed by atoms with Crippen LogP contribution in [0.2, 0.25) is 0 Å². The lowest BCUT2D eigenvalue weighted by atomic mass is 10.1. The Kier molecular flexibility index (Phi) is 4.10. The number of aryl methyl sites for hydroxylation is 1. The molecule has 0 bridgehead atoms. The normalized spacial score (nSPS) is 10.1. The summed E-state index contributed by atoms with van der Waals surface area (Å²) < 4.78 is 0.743. The largest absolute Gasteiger partial charge is 0.321 e. The van der Waals surface area contributed by atoms with Crippen molar-refractivity contribution in [2.75, 3.05) is 5.32 Å². The quantitative estimate of drug-likeness (QED) is 0.879. The van der Waals surface area contributed by atoms with Crippen molar-refractivity contribution in [3.63, 3.8) is 0 Å². The first kappa shape index (κ1) is 12.8. The van der Waals surface area contributed by atoms with Crippen molar-refractivity contribution in [1.82, 2.24) is 4.98 Å². The lowest BCUT2D eigenvalue weighted by Crippen LogP contribution is -2.11. The maximum atomic E-state index is 11.9. The molecule has 2 rings (SSSR count). The van der Waals surface area contributed by atoms with Gasteiger partial charge in [0, 0.05) is 5.56 Å². The molecule has 1 aromatic heterocycles. The summed E-state index contributed by atoms with van der Waals surface area (Å²) in [5, 5.41) is 2.80. The molecule has 0 aliphatic heterocycles. The zero-order valence-corrected chi connectivity index (χ0v) is 11.6. The number of nitrogens with one attached hydrogen (secondary N) is 1. The van der Waals surface area contributed by atoms with Gasteiger partial charge in [-0.2, -0.15) is 0 Å². The third-order valence-corrected chi connectivity index (χ3v) is 3.08. The molecule has 18 heavy (non-hydrogen) atoms. The number of anilines is 1. The first-order valence-corrected chi connectivity index (χ1v) is 6.50. The van der Waals surface area contributed by atoms with E-state index < -0.39 is 0 Å². The first-order chi connectivity index (χ1) is 8.69. The Morgan fingerprint density at radius 3 is 2.50 bits per heavy atom. The van der Waals surface area contributed by atoms with Gasteiger partial charge in [-0.1, -0.05) is 19.1 Å². The molecule has 0 radical (unpaired) electrons. The van der Waals surface area contributed by atoms with Gasteiger partial charge in [-0.15, -0.1) is 0 Å². The van der Waals surface area contributed by atoms with E-state index in [1.165, 1.54) is 5.56 Å². The third-order valence-electron chi connectivity index (χ3n) is 2.61. The van der Waals surface area contributed by atoms with Gasteiger partial charge in [-0.25, -0.2) is 4.98 Å². The zero-order valence-electron chi connectivity index (χ0n) is 9.98. The lowest BCUT2D eigenvalue weighted by Gasteiger charge is -2.05. The number of halogens is 1. The van der Waals surface area contributed by atoms with Crippen LogP contribution in [0.1, 0.15) is 22.8 Å². The highest BCUT2D eigenvalue weighted by molar-refractivity contribution is 9.10. The second-order valence-corrected chi connectivity index (χ2v) is 4.69. The Morgan fingerprint density at radius 1 is 1.22 bits per heavy atom. The minimum absolute atomic E-state index is 0.123. The van der Waals surface area contributed by atoms with Crippen LogP contribution in [-0.2, 0) is 6.42 Å². The van der Waals surface area contributed by atoms with Crippen LogP contribution in [0.5, 0.6) is 0 Å². The molecule has 1 aromatic carbocycles. The first-order valence-electron chi connectivity index (χ1n) is 5.71. The maximum Gasteiger partial charge on any atom is 0.255 e. The Balaban J connectivity index is 2.09. The summed E-state index contributed by atoms with van der Waals surface area (Å²) in [5.74, 6) is -0.123. The van der Waals surface area contributed by atoms with Gasteiger partial charge in [0.2, 0.25) is 0 Å². The third kappa shape index (κ3) is 3.17.